The number of nitrogens with one attached hydrogen (secondary N) is 1. The van der Waals surface area contributed by atoms with E-state index in [0.717, 1.165) is 23.0 Å². The smallest absolute Gasteiger partial charge is 0.214 e. The molecule has 1 aliphatic carbocycles. The van der Waals surface area contributed by atoms with Crippen molar-refractivity contribution in [2.45, 2.75) is 25.3 Å². The van der Waals surface area contributed by atoms with Crippen molar-refractivity contribution in [2.75, 3.05) is 5.32 Å². The van der Waals surface area contributed by atoms with Gasteiger partial charge in [0.15, 0.2) is 0 Å². The summed E-state index contributed by atoms with van der Waals surface area (Å²) in [5.74, 6) is 0.165. The first-order valence-electron chi connectivity index (χ1n) is 5.89. The summed E-state index contributed by atoms with van der Waals surface area (Å²) in [6.07, 6.45) is 3.36. The Labute approximate surface area is 117 Å². The molecule has 0 aromatic carbocycles. The van der Waals surface area contributed by atoms with Crippen LogP contribution in [0.15, 0.2) is 28.1 Å². The normalized spacial score (nSPS) is 18.4. The Morgan fingerprint density at radius 2 is 2.33 bits per heavy atom. The highest BCUT2D eigenvalue weighted by atomic mass is 79.9. The van der Waals surface area contributed by atoms with E-state index in [0.29, 0.717) is 5.82 Å². The van der Waals surface area contributed by atoms with E-state index in [-0.39, 0.29) is 6.04 Å². The third kappa shape index (κ3) is 2.42. The fourth-order valence-corrected chi connectivity index (χ4v) is 4.16. The Hall–Kier alpha value is -0.940. The summed E-state index contributed by atoms with van der Waals surface area (Å²) in [6.45, 7) is 0. The van der Waals surface area contributed by atoms with Crippen LogP contribution < -0.4 is 5.32 Å². The lowest BCUT2D eigenvalue weighted by molar-refractivity contribution is 0.577. The van der Waals surface area contributed by atoms with Crippen LogP contribution in [0.4, 0.5) is 10.2 Å². The molecule has 0 saturated carbocycles. The summed E-state index contributed by atoms with van der Waals surface area (Å²) >= 11 is 5.32. The maximum atomic E-state index is 13.1. The average molecular weight is 327 g/mol. The van der Waals surface area contributed by atoms with Gasteiger partial charge in [0.05, 0.1) is 9.83 Å². The van der Waals surface area contributed by atoms with Gasteiger partial charge in [-0.2, -0.15) is 4.39 Å². The van der Waals surface area contributed by atoms with Gasteiger partial charge in [-0.25, -0.2) is 4.98 Å². The van der Waals surface area contributed by atoms with Crippen LogP contribution in [-0.4, -0.2) is 4.98 Å². The summed E-state index contributed by atoms with van der Waals surface area (Å²) in [7, 11) is 0. The predicted molar refractivity (Wildman–Crippen MR) is 75.5 cm³/mol. The van der Waals surface area contributed by atoms with E-state index in [4.69, 9.17) is 0 Å². The van der Waals surface area contributed by atoms with Crippen LogP contribution in [0.5, 0.6) is 0 Å². The van der Waals surface area contributed by atoms with Crippen LogP contribution in [0.3, 0.4) is 0 Å². The van der Waals surface area contributed by atoms with Crippen molar-refractivity contribution in [1.29, 1.82) is 0 Å². The molecular formula is C13H12BrFN2S. The van der Waals surface area contributed by atoms with Crippen molar-refractivity contribution in [3.63, 3.8) is 0 Å². The molecule has 2 aromatic rings. The molecule has 5 heteroatoms. The van der Waals surface area contributed by atoms with Crippen LogP contribution in [0.2, 0.25) is 0 Å². The lowest BCUT2D eigenvalue weighted by Crippen LogP contribution is -2.16. The Morgan fingerprint density at radius 3 is 3.17 bits per heavy atom. The number of aryl methyl sites for hydroxylation is 1. The minimum absolute atomic E-state index is 0.241. The summed E-state index contributed by atoms with van der Waals surface area (Å²) < 4.78 is 14.2. The highest BCUT2D eigenvalue weighted by molar-refractivity contribution is 9.11. The molecule has 1 unspecified atom stereocenters. The third-order valence-electron chi connectivity index (χ3n) is 3.12. The van der Waals surface area contributed by atoms with E-state index >= 15 is 0 Å². The Bertz CT molecular complexity index is 570. The molecule has 0 bridgehead atoms. The quantitative estimate of drug-likeness (QED) is 0.820. The number of anilines is 1. The topological polar surface area (TPSA) is 24.9 Å². The number of fused-ring (bicyclic) bond motifs is 1. The first kappa shape index (κ1) is 12.1. The van der Waals surface area contributed by atoms with Gasteiger partial charge in [-0.3, -0.25) is 0 Å². The van der Waals surface area contributed by atoms with E-state index in [9.17, 15) is 4.39 Å². The van der Waals surface area contributed by atoms with E-state index in [1.165, 1.54) is 16.5 Å². The first-order chi connectivity index (χ1) is 8.72. The zero-order chi connectivity index (χ0) is 12.5. The van der Waals surface area contributed by atoms with Crippen molar-refractivity contribution in [3.8, 4) is 0 Å². The van der Waals surface area contributed by atoms with Gasteiger partial charge in [0.1, 0.15) is 5.82 Å². The number of halogens is 2. The number of aromatic nitrogens is 1. The second-order valence-electron chi connectivity index (χ2n) is 4.36. The molecule has 2 nitrogen and oxygen atoms in total. The third-order valence-corrected chi connectivity index (χ3v) is 4.83. The van der Waals surface area contributed by atoms with E-state index in [1.807, 2.05) is 0 Å². The van der Waals surface area contributed by atoms with Crippen LogP contribution in [0.25, 0.3) is 0 Å². The van der Waals surface area contributed by atoms with Gasteiger partial charge >= 0.3 is 0 Å². The second kappa shape index (κ2) is 4.97. The van der Waals surface area contributed by atoms with Crippen molar-refractivity contribution in [3.05, 3.63) is 44.4 Å². The molecule has 0 fully saturated rings. The summed E-state index contributed by atoms with van der Waals surface area (Å²) in [6, 6.07) is 7.25. The lowest BCUT2D eigenvalue weighted by Gasteiger charge is -2.24. The number of pyridine rings is 1. The summed E-state index contributed by atoms with van der Waals surface area (Å²) in [4.78, 5) is 5.28. The number of nitrogens with zero attached hydrogens (tertiary/aromatic N) is 1. The largest absolute Gasteiger partial charge is 0.363 e. The molecule has 94 valence electrons. The fraction of sp³-hybridized carbons (Fsp3) is 0.308. The molecular weight excluding hydrogens is 315 g/mol. The highest BCUT2D eigenvalue weighted by Gasteiger charge is 2.22. The maximum absolute atomic E-state index is 13.1. The van der Waals surface area contributed by atoms with E-state index < -0.39 is 5.95 Å². The van der Waals surface area contributed by atoms with Crippen molar-refractivity contribution < 1.29 is 4.39 Å². The van der Waals surface area contributed by atoms with Crippen molar-refractivity contribution in [2.24, 2.45) is 0 Å². The maximum Gasteiger partial charge on any atom is 0.214 e. The number of rotatable bonds is 2. The van der Waals surface area contributed by atoms with Gasteiger partial charge < -0.3 is 5.32 Å². The monoisotopic (exact) mass is 326 g/mol. The standard InChI is InChI=1S/C13H12BrFN2S/c14-11-7-8-9(3-1-4-10(8)18-11)16-13-6-2-5-12(15)17-13/h2,5-7,9H,1,3-4H2,(H,16,17). The molecule has 0 radical (unpaired) electrons. The van der Waals surface area contributed by atoms with Crippen molar-refractivity contribution in [1.82, 2.24) is 4.98 Å². The van der Waals surface area contributed by atoms with E-state index in [2.05, 4.69) is 32.3 Å². The predicted octanol–water partition coefficient (Wildman–Crippen LogP) is 4.53. The zero-order valence-corrected chi connectivity index (χ0v) is 12.0. The van der Waals surface area contributed by atoms with Crippen LogP contribution in [0.1, 0.15) is 29.3 Å². The van der Waals surface area contributed by atoms with Crippen LogP contribution in [0, 0.1) is 5.95 Å². The number of hydrogen-bond donors (Lipinski definition) is 1. The first-order valence-corrected chi connectivity index (χ1v) is 7.50. The van der Waals surface area contributed by atoms with Gasteiger partial charge in [-0.1, -0.05) is 6.07 Å². The molecule has 0 spiro atoms. The number of hydrogen-bond acceptors (Lipinski definition) is 3. The molecule has 0 saturated heterocycles. The Balaban J connectivity index is 1.86. The van der Waals surface area contributed by atoms with Gasteiger partial charge in [0.25, 0.3) is 0 Å². The highest BCUT2D eigenvalue weighted by Crippen LogP contribution is 2.39. The summed E-state index contributed by atoms with van der Waals surface area (Å²) in [5, 5.41) is 3.33. The second-order valence-corrected chi connectivity index (χ2v) is 6.88. The van der Waals surface area contributed by atoms with Gasteiger partial charge in [0.2, 0.25) is 5.95 Å². The minimum Gasteiger partial charge on any atom is -0.363 e. The van der Waals surface area contributed by atoms with Crippen LogP contribution >= 0.6 is 27.3 Å². The van der Waals surface area contributed by atoms with E-state index in [1.54, 1.807) is 23.5 Å². The molecule has 3 rings (SSSR count). The molecule has 2 aromatic heterocycles. The molecule has 18 heavy (non-hydrogen) atoms. The Morgan fingerprint density at radius 1 is 1.44 bits per heavy atom. The SMILES string of the molecule is Fc1cccc(NC2CCCc3sc(Br)cc32)n1. The molecule has 1 N–H and O–H groups in total. The Kier molecular flexibility index (Phi) is 3.35. The molecule has 1 aliphatic rings. The minimum atomic E-state index is -0.442. The van der Waals surface area contributed by atoms with Gasteiger partial charge in [-0.05, 0) is 59.0 Å². The molecule has 1 atom stereocenters. The lowest BCUT2D eigenvalue weighted by atomic mass is 9.94. The molecule has 2 heterocycles. The zero-order valence-electron chi connectivity index (χ0n) is 9.62. The van der Waals surface area contributed by atoms with Gasteiger partial charge in [0, 0.05) is 4.88 Å². The molecule has 0 aliphatic heterocycles. The average Bonchev–Trinajstić information content (AvgIpc) is 2.71. The summed E-state index contributed by atoms with van der Waals surface area (Å²) in [5.41, 5.74) is 1.32. The fourth-order valence-electron chi connectivity index (χ4n) is 2.34. The van der Waals surface area contributed by atoms with Crippen LogP contribution in [-0.2, 0) is 6.42 Å². The number of thiophene rings is 1. The van der Waals surface area contributed by atoms with Gasteiger partial charge in [-0.15, -0.1) is 11.3 Å². The molecule has 0 amide bonds. The van der Waals surface area contributed by atoms with Crippen molar-refractivity contribution >= 4 is 33.1 Å².